The lowest BCUT2D eigenvalue weighted by Gasteiger charge is -2.15. The van der Waals surface area contributed by atoms with Crippen LogP contribution < -0.4 is 10.1 Å². The number of esters is 1. The molecule has 4 nitrogen and oxygen atoms in total. The molecule has 1 unspecified atom stereocenters. The van der Waals surface area contributed by atoms with Gasteiger partial charge in [0.1, 0.15) is 18.4 Å². The minimum absolute atomic E-state index is 0.265. The molecule has 0 heterocycles. The Balaban J connectivity index is 2.48. The van der Waals surface area contributed by atoms with Crippen molar-refractivity contribution >= 4 is 5.97 Å². The molecule has 0 amide bonds. The van der Waals surface area contributed by atoms with Crippen molar-refractivity contribution in [3.8, 4) is 5.75 Å². The van der Waals surface area contributed by atoms with Gasteiger partial charge in [0, 0.05) is 0 Å². The van der Waals surface area contributed by atoms with Crippen molar-refractivity contribution in [3.05, 3.63) is 29.8 Å². The third kappa shape index (κ3) is 4.37. The molecule has 0 aliphatic carbocycles. The zero-order chi connectivity index (χ0) is 13.4. The van der Waals surface area contributed by atoms with E-state index in [0.717, 1.165) is 12.2 Å². The van der Waals surface area contributed by atoms with E-state index in [1.807, 2.05) is 24.3 Å². The minimum Gasteiger partial charge on any atom is -0.491 e. The molecule has 0 radical (unpaired) electrons. The van der Waals surface area contributed by atoms with E-state index in [1.165, 1.54) is 5.56 Å². The summed E-state index contributed by atoms with van der Waals surface area (Å²) in [4.78, 5) is 11.5. The van der Waals surface area contributed by atoms with Crippen LogP contribution in [0.3, 0.4) is 0 Å². The van der Waals surface area contributed by atoms with Crippen molar-refractivity contribution in [3.63, 3.8) is 0 Å². The van der Waals surface area contributed by atoms with Gasteiger partial charge in [0.15, 0.2) is 0 Å². The predicted molar refractivity (Wildman–Crippen MR) is 70.8 cm³/mol. The number of aryl methyl sites for hydroxylation is 1. The number of hydrogen-bond acceptors (Lipinski definition) is 4. The van der Waals surface area contributed by atoms with Crippen LogP contribution in [0.5, 0.6) is 5.75 Å². The lowest BCUT2D eigenvalue weighted by atomic mass is 10.2. The number of benzene rings is 1. The SMILES string of the molecule is CCOC(=O)C(COc1ccc(CC)cc1)NC. The molecule has 0 saturated carbocycles. The lowest BCUT2D eigenvalue weighted by molar-refractivity contribution is -0.146. The van der Waals surface area contributed by atoms with Gasteiger partial charge in [0.05, 0.1) is 6.61 Å². The van der Waals surface area contributed by atoms with Crippen molar-refractivity contribution in [1.29, 1.82) is 0 Å². The Morgan fingerprint density at radius 2 is 1.94 bits per heavy atom. The highest BCUT2D eigenvalue weighted by atomic mass is 16.5. The molecule has 0 aromatic heterocycles. The fourth-order valence-corrected chi connectivity index (χ4v) is 1.51. The zero-order valence-electron chi connectivity index (χ0n) is 11.2. The van der Waals surface area contributed by atoms with Crippen LogP contribution in [0, 0.1) is 0 Å². The molecule has 0 aliphatic heterocycles. The molecule has 1 aromatic rings. The zero-order valence-corrected chi connectivity index (χ0v) is 11.2. The van der Waals surface area contributed by atoms with Crippen LogP contribution in [-0.4, -0.2) is 32.3 Å². The van der Waals surface area contributed by atoms with Crippen molar-refractivity contribution in [1.82, 2.24) is 5.32 Å². The molecule has 1 aromatic carbocycles. The fraction of sp³-hybridized carbons (Fsp3) is 0.500. The van der Waals surface area contributed by atoms with Crippen molar-refractivity contribution in [2.45, 2.75) is 26.3 Å². The van der Waals surface area contributed by atoms with Crippen molar-refractivity contribution < 1.29 is 14.3 Å². The Hall–Kier alpha value is -1.55. The van der Waals surface area contributed by atoms with Gasteiger partial charge in [-0.25, -0.2) is 0 Å². The van der Waals surface area contributed by atoms with Gasteiger partial charge in [-0.05, 0) is 38.1 Å². The van der Waals surface area contributed by atoms with E-state index in [0.29, 0.717) is 6.61 Å². The third-order valence-electron chi connectivity index (χ3n) is 2.67. The number of carbonyl (C=O) groups is 1. The lowest BCUT2D eigenvalue weighted by Crippen LogP contribution is -2.40. The second-order valence-electron chi connectivity index (χ2n) is 3.90. The molecular weight excluding hydrogens is 230 g/mol. The molecule has 18 heavy (non-hydrogen) atoms. The minimum atomic E-state index is -0.434. The normalized spacial score (nSPS) is 11.9. The molecule has 0 spiro atoms. The molecule has 0 saturated heterocycles. The standard InChI is InChI=1S/C14H21NO3/c1-4-11-6-8-12(9-7-11)18-10-13(15-3)14(16)17-5-2/h6-9,13,15H,4-5,10H2,1-3H3. The summed E-state index contributed by atoms with van der Waals surface area (Å²) < 4.78 is 10.5. The van der Waals surface area contributed by atoms with E-state index in [4.69, 9.17) is 9.47 Å². The maximum Gasteiger partial charge on any atom is 0.326 e. The summed E-state index contributed by atoms with van der Waals surface area (Å²) in [5, 5.41) is 2.88. The Morgan fingerprint density at radius 3 is 2.44 bits per heavy atom. The first kappa shape index (κ1) is 14.5. The van der Waals surface area contributed by atoms with Crippen LogP contribution in [0.1, 0.15) is 19.4 Å². The maximum atomic E-state index is 11.5. The van der Waals surface area contributed by atoms with E-state index >= 15 is 0 Å². The second-order valence-corrected chi connectivity index (χ2v) is 3.90. The topological polar surface area (TPSA) is 47.6 Å². The Kier molecular flexibility index (Phi) is 6.22. The summed E-state index contributed by atoms with van der Waals surface area (Å²) in [6.07, 6.45) is 1.00. The van der Waals surface area contributed by atoms with E-state index in [2.05, 4.69) is 12.2 Å². The molecule has 4 heteroatoms. The number of likely N-dealkylation sites (N-methyl/N-ethyl adjacent to an activating group) is 1. The Morgan fingerprint density at radius 1 is 1.28 bits per heavy atom. The molecule has 100 valence electrons. The molecule has 1 rings (SSSR count). The highest BCUT2D eigenvalue weighted by Crippen LogP contribution is 2.12. The Labute approximate surface area is 108 Å². The molecular formula is C14H21NO3. The largest absolute Gasteiger partial charge is 0.491 e. The number of ether oxygens (including phenoxy) is 2. The summed E-state index contributed by atoms with van der Waals surface area (Å²) >= 11 is 0. The molecule has 1 N–H and O–H groups in total. The summed E-state index contributed by atoms with van der Waals surface area (Å²) in [6.45, 7) is 4.53. The number of rotatable bonds is 7. The van der Waals surface area contributed by atoms with Crippen molar-refractivity contribution in [2.75, 3.05) is 20.3 Å². The quantitative estimate of drug-likeness (QED) is 0.750. The van der Waals surface area contributed by atoms with E-state index in [9.17, 15) is 4.79 Å². The molecule has 0 aliphatic rings. The second kappa shape index (κ2) is 7.71. The third-order valence-corrected chi connectivity index (χ3v) is 2.67. The molecule has 0 fully saturated rings. The Bertz CT molecular complexity index is 362. The first-order valence-electron chi connectivity index (χ1n) is 6.26. The average molecular weight is 251 g/mol. The first-order valence-corrected chi connectivity index (χ1v) is 6.26. The highest BCUT2D eigenvalue weighted by Gasteiger charge is 2.18. The van der Waals surface area contributed by atoms with Crippen LogP contribution in [0.25, 0.3) is 0 Å². The highest BCUT2D eigenvalue weighted by molar-refractivity contribution is 5.75. The first-order chi connectivity index (χ1) is 8.71. The van der Waals surface area contributed by atoms with Crippen LogP contribution in [0.2, 0.25) is 0 Å². The van der Waals surface area contributed by atoms with Gasteiger partial charge in [-0.15, -0.1) is 0 Å². The van der Waals surface area contributed by atoms with E-state index in [-0.39, 0.29) is 12.6 Å². The number of carbonyl (C=O) groups excluding carboxylic acids is 1. The summed E-state index contributed by atoms with van der Waals surface area (Å²) in [7, 11) is 1.71. The monoisotopic (exact) mass is 251 g/mol. The van der Waals surface area contributed by atoms with Crippen LogP contribution >= 0.6 is 0 Å². The number of nitrogens with one attached hydrogen (secondary N) is 1. The summed E-state index contributed by atoms with van der Waals surface area (Å²) in [5.41, 5.74) is 1.26. The van der Waals surface area contributed by atoms with Gasteiger partial charge in [0.25, 0.3) is 0 Å². The van der Waals surface area contributed by atoms with Crippen molar-refractivity contribution in [2.24, 2.45) is 0 Å². The molecule has 1 atom stereocenters. The average Bonchev–Trinajstić information content (AvgIpc) is 2.40. The van der Waals surface area contributed by atoms with E-state index < -0.39 is 6.04 Å². The van der Waals surface area contributed by atoms with Gasteiger partial charge < -0.3 is 14.8 Å². The van der Waals surface area contributed by atoms with Gasteiger partial charge in [-0.1, -0.05) is 19.1 Å². The van der Waals surface area contributed by atoms with Crippen LogP contribution in [-0.2, 0) is 16.0 Å². The predicted octanol–water partition coefficient (Wildman–Crippen LogP) is 1.78. The number of hydrogen-bond donors (Lipinski definition) is 1. The summed E-state index contributed by atoms with van der Waals surface area (Å²) in [6, 6.07) is 7.44. The van der Waals surface area contributed by atoms with Crippen LogP contribution in [0.4, 0.5) is 0 Å². The van der Waals surface area contributed by atoms with Gasteiger partial charge in [-0.2, -0.15) is 0 Å². The fourth-order valence-electron chi connectivity index (χ4n) is 1.51. The smallest absolute Gasteiger partial charge is 0.326 e. The van der Waals surface area contributed by atoms with Crippen LogP contribution in [0.15, 0.2) is 24.3 Å². The van der Waals surface area contributed by atoms with Gasteiger partial charge in [-0.3, -0.25) is 4.79 Å². The van der Waals surface area contributed by atoms with E-state index in [1.54, 1.807) is 14.0 Å². The van der Waals surface area contributed by atoms with Gasteiger partial charge >= 0.3 is 5.97 Å². The molecule has 0 bridgehead atoms. The summed E-state index contributed by atoms with van der Waals surface area (Å²) in [5.74, 6) is 0.474. The maximum absolute atomic E-state index is 11.5. The van der Waals surface area contributed by atoms with Gasteiger partial charge in [0.2, 0.25) is 0 Å².